The van der Waals surface area contributed by atoms with E-state index in [0.29, 0.717) is 26.3 Å². The van der Waals surface area contributed by atoms with E-state index < -0.39 is 0 Å². The van der Waals surface area contributed by atoms with Crippen LogP contribution in [-0.2, 0) is 11.3 Å². The fourth-order valence-electron chi connectivity index (χ4n) is 1.65. The Hall–Kier alpha value is -1.71. The zero-order valence-corrected chi connectivity index (χ0v) is 9.31. The third kappa shape index (κ3) is 2.45. The van der Waals surface area contributed by atoms with Gasteiger partial charge in [-0.2, -0.15) is 0 Å². The summed E-state index contributed by atoms with van der Waals surface area (Å²) in [5, 5.41) is 0. The lowest BCUT2D eigenvalue weighted by Gasteiger charge is -2.12. The van der Waals surface area contributed by atoms with E-state index >= 15 is 0 Å². The maximum absolute atomic E-state index is 11.2. The second kappa shape index (κ2) is 4.88. The molecular weight excluding hydrogens is 206 g/mol. The van der Waals surface area contributed by atoms with Gasteiger partial charge in [0, 0.05) is 6.54 Å². The first-order chi connectivity index (χ1) is 7.79. The summed E-state index contributed by atoms with van der Waals surface area (Å²) in [5.74, 6) is 0.857. The minimum absolute atomic E-state index is 0.228. The largest absolute Gasteiger partial charge is 0.494 e. The van der Waals surface area contributed by atoms with Crippen molar-refractivity contribution in [3.63, 3.8) is 0 Å². The Balaban J connectivity index is 1.96. The quantitative estimate of drug-likeness (QED) is 0.781. The highest BCUT2D eigenvalue weighted by molar-refractivity contribution is 5.69. The van der Waals surface area contributed by atoms with Gasteiger partial charge in [0.2, 0.25) is 0 Å². The highest BCUT2D eigenvalue weighted by Crippen LogP contribution is 2.15. The highest BCUT2D eigenvalue weighted by atomic mass is 16.6. The number of amides is 1. The van der Waals surface area contributed by atoms with E-state index in [9.17, 15) is 4.79 Å². The first-order valence-electron chi connectivity index (χ1n) is 5.43. The number of carbonyl (C=O) groups is 1. The van der Waals surface area contributed by atoms with Crippen LogP contribution in [0.5, 0.6) is 5.75 Å². The predicted octanol–water partition coefficient (Wildman–Crippen LogP) is 2.04. The molecule has 0 unspecified atom stereocenters. The summed E-state index contributed by atoms with van der Waals surface area (Å²) in [6.45, 7) is 4.39. The van der Waals surface area contributed by atoms with Gasteiger partial charge in [-0.25, -0.2) is 4.79 Å². The summed E-state index contributed by atoms with van der Waals surface area (Å²) in [4.78, 5) is 12.9. The van der Waals surface area contributed by atoms with Crippen molar-refractivity contribution in [1.82, 2.24) is 4.90 Å². The molecule has 1 aliphatic rings. The molecule has 86 valence electrons. The number of nitrogens with zero attached hydrogens (tertiary/aromatic N) is 1. The molecule has 16 heavy (non-hydrogen) atoms. The van der Waals surface area contributed by atoms with Gasteiger partial charge in [0.25, 0.3) is 0 Å². The van der Waals surface area contributed by atoms with E-state index in [0.717, 1.165) is 11.3 Å². The number of hydrogen-bond donors (Lipinski definition) is 0. The molecule has 1 saturated heterocycles. The van der Waals surface area contributed by atoms with Crippen molar-refractivity contribution >= 4 is 6.09 Å². The second-order valence-electron chi connectivity index (χ2n) is 3.61. The Morgan fingerprint density at radius 2 is 2.12 bits per heavy atom. The lowest BCUT2D eigenvalue weighted by Crippen LogP contribution is -2.23. The third-order valence-electron chi connectivity index (χ3n) is 2.45. The van der Waals surface area contributed by atoms with Gasteiger partial charge in [-0.3, -0.25) is 0 Å². The molecule has 0 N–H and O–H groups in total. The number of rotatable bonds is 4. The van der Waals surface area contributed by atoms with Crippen LogP contribution in [-0.4, -0.2) is 30.8 Å². The van der Waals surface area contributed by atoms with Crippen LogP contribution in [0.3, 0.4) is 0 Å². The van der Waals surface area contributed by atoms with Gasteiger partial charge in [-0.1, -0.05) is 12.1 Å². The van der Waals surface area contributed by atoms with Crippen molar-refractivity contribution in [3.8, 4) is 5.75 Å². The van der Waals surface area contributed by atoms with Crippen LogP contribution < -0.4 is 4.74 Å². The Morgan fingerprint density at radius 1 is 1.38 bits per heavy atom. The molecule has 0 spiro atoms. The fraction of sp³-hybridized carbons (Fsp3) is 0.417. The Bertz CT molecular complexity index is 361. The number of ether oxygens (including phenoxy) is 2. The third-order valence-corrected chi connectivity index (χ3v) is 2.45. The molecule has 0 atom stereocenters. The van der Waals surface area contributed by atoms with Gasteiger partial charge >= 0.3 is 6.09 Å². The number of hydrogen-bond acceptors (Lipinski definition) is 3. The van der Waals surface area contributed by atoms with Crippen LogP contribution in [0.25, 0.3) is 0 Å². The minimum atomic E-state index is -0.228. The maximum Gasteiger partial charge on any atom is 0.410 e. The highest BCUT2D eigenvalue weighted by Gasteiger charge is 2.21. The zero-order valence-electron chi connectivity index (χ0n) is 9.31. The molecule has 0 saturated carbocycles. The van der Waals surface area contributed by atoms with Gasteiger partial charge < -0.3 is 14.4 Å². The molecule has 0 radical (unpaired) electrons. The molecule has 1 heterocycles. The van der Waals surface area contributed by atoms with Crippen LogP contribution in [0.15, 0.2) is 24.3 Å². The van der Waals surface area contributed by atoms with Crippen molar-refractivity contribution in [1.29, 1.82) is 0 Å². The molecule has 4 nitrogen and oxygen atoms in total. The molecule has 1 fully saturated rings. The van der Waals surface area contributed by atoms with Gasteiger partial charge in [-0.05, 0) is 24.6 Å². The van der Waals surface area contributed by atoms with Crippen LogP contribution >= 0.6 is 0 Å². The summed E-state index contributed by atoms with van der Waals surface area (Å²) in [5.41, 5.74) is 1.09. The topological polar surface area (TPSA) is 38.8 Å². The molecule has 1 amide bonds. The lowest BCUT2D eigenvalue weighted by molar-refractivity contribution is 0.157. The SMILES string of the molecule is CCOc1ccc(CN2CCOC2=O)cc1. The fourth-order valence-corrected chi connectivity index (χ4v) is 1.65. The van der Waals surface area contributed by atoms with E-state index in [-0.39, 0.29) is 6.09 Å². The van der Waals surface area contributed by atoms with Gasteiger partial charge in [0.15, 0.2) is 0 Å². The molecule has 1 aromatic carbocycles. The lowest BCUT2D eigenvalue weighted by atomic mass is 10.2. The van der Waals surface area contributed by atoms with E-state index in [2.05, 4.69) is 0 Å². The summed E-state index contributed by atoms with van der Waals surface area (Å²) in [7, 11) is 0. The number of cyclic esters (lactones) is 1. The number of benzene rings is 1. The second-order valence-corrected chi connectivity index (χ2v) is 3.61. The van der Waals surface area contributed by atoms with E-state index in [4.69, 9.17) is 9.47 Å². The predicted molar refractivity (Wildman–Crippen MR) is 59.4 cm³/mol. The van der Waals surface area contributed by atoms with Crippen LogP contribution in [0.2, 0.25) is 0 Å². The molecular formula is C12H15NO3. The Morgan fingerprint density at radius 3 is 2.69 bits per heavy atom. The van der Waals surface area contributed by atoms with Crippen molar-refractivity contribution in [2.24, 2.45) is 0 Å². The number of carbonyl (C=O) groups excluding carboxylic acids is 1. The monoisotopic (exact) mass is 221 g/mol. The van der Waals surface area contributed by atoms with Crippen LogP contribution in [0.4, 0.5) is 4.79 Å². The first-order valence-corrected chi connectivity index (χ1v) is 5.43. The summed E-state index contributed by atoms with van der Waals surface area (Å²) in [6, 6.07) is 7.77. The van der Waals surface area contributed by atoms with Crippen LogP contribution in [0, 0.1) is 0 Å². The molecule has 2 rings (SSSR count). The van der Waals surface area contributed by atoms with Crippen molar-refractivity contribution < 1.29 is 14.3 Å². The average molecular weight is 221 g/mol. The molecule has 0 aromatic heterocycles. The van der Waals surface area contributed by atoms with E-state index in [1.54, 1.807) is 4.90 Å². The van der Waals surface area contributed by atoms with E-state index in [1.807, 2.05) is 31.2 Å². The summed E-state index contributed by atoms with van der Waals surface area (Å²) in [6.07, 6.45) is -0.228. The minimum Gasteiger partial charge on any atom is -0.494 e. The maximum atomic E-state index is 11.2. The standard InChI is InChI=1S/C12H15NO3/c1-2-15-11-5-3-10(4-6-11)9-13-7-8-16-12(13)14/h3-6H,2,7-9H2,1H3. The molecule has 4 heteroatoms. The van der Waals surface area contributed by atoms with Gasteiger partial charge in [0.05, 0.1) is 13.2 Å². The van der Waals surface area contributed by atoms with Crippen LogP contribution in [0.1, 0.15) is 12.5 Å². The van der Waals surface area contributed by atoms with Gasteiger partial charge in [-0.15, -0.1) is 0 Å². The average Bonchev–Trinajstić information content (AvgIpc) is 2.68. The summed E-state index contributed by atoms with van der Waals surface area (Å²) < 4.78 is 10.2. The molecule has 1 aromatic rings. The zero-order chi connectivity index (χ0) is 11.4. The van der Waals surface area contributed by atoms with Crippen molar-refractivity contribution in [3.05, 3.63) is 29.8 Å². The molecule has 0 bridgehead atoms. The Labute approximate surface area is 94.8 Å². The van der Waals surface area contributed by atoms with E-state index in [1.165, 1.54) is 0 Å². The Kier molecular flexibility index (Phi) is 3.29. The smallest absolute Gasteiger partial charge is 0.410 e. The summed E-state index contributed by atoms with van der Waals surface area (Å²) >= 11 is 0. The molecule has 0 aliphatic carbocycles. The molecule has 1 aliphatic heterocycles. The van der Waals surface area contributed by atoms with Crippen molar-refractivity contribution in [2.45, 2.75) is 13.5 Å². The van der Waals surface area contributed by atoms with Crippen molar-refractivity contribution in [2.75, 3.05) is 19.8 Å². The normalized spacial score (nSPS) is 15.1. The first kappa shape index (κ1) is 10.8. The van der Waals surface area contributed by atoms with Gasteiger partial charge in [0.1, 0.15) is 12.4 Å².